The summed E-state index contributed by atoms with van der Waals surface area (Å²) in [6, 6.07) is 8.27. The van der Waals surface area contributed by atoms with E-state index in [0.717, 1.165) is 49.5 Å². The number of likely N-dealkylation sites (tertiary alicyclic amines) is 1. The molecule has 1 atom stereocenters. The van der Waals surface area contributed by atoms with E-state index in [1.165, 1.54) is 19.3 Å². The van der Waals surface area contributed by atoms with Crippen molar-refractivity contribution in [3.63, 3.8) is 0 Å². The Balaban J connectivity index is 0.000000550. The molecule has 210 valence electrons. The monoisotopic (exact) mass is 548 g/mol. The Bertz CT molecular complexity index is 952. The van der Waals surface area contributed by atoms with Crippen LogP contribution in [0, 0.1) is 5.92 Å². The average molecular weight is 549 g/mol. The van der Waals surface area contributed by atoms with Crippen molar-refractivity contribution in [3.8, 4) is 0 Å². The average Bonchev–Trinajstić information content (AvgIpc) is 2.91. The van der Waals surface area contributed by atoms with Gasteiger partial charge in [0.1, 0.15) is 0 Å². The second-order valence-electron chi connectivity index (χ2n) is 10.1. The molecule has 1 aliphatic heterocycles. The number of piperidine rings is 1. The SMILES string of the molecule is C=CCN(C(=O)C(C)C1(O)CCN(CCc2ccccc2Cl)CC1)C1CCCCC1.O=C(O)/C=C\C(=O)O. The molecule has 0 radical (unpaired) electrons. The number of hydrogen-bond acceptors (Lipinski definition) is 5. The number of amides is 1. The van der Waals surface area contributed by atoms with Crippen LogP contribution in [0.1, 0.15) is 57.4 Å². The molecule has 2 fully saturated rings. The van der Waals surface area contributed by atoms with Crippen LogP contribution in [0.5, 0.6) is 0 Å². The zero-order chi connectivity index (χ0) is 28.1. The van der Waals surface area contributed by atoms with Crippen LogP contribution >= 0.6 is 11.6 Å². The number of aliphatic carboxylic acids is 2. The van der Waals surface area contributed by atoms with E-state index in [4.69, 9.17) is 21.8 Å². The first kappa shape index (κ1) is 31.5. The first-order chi connectivity index (χ1) is 18.1. The highest BCUT2D eigenvalue weighted by Gasteiger charge is 2.43. The van der Waals surface area contributed by atoms with Crippen LogP contribution in [-0.4, -0.2) is 80.8 Å². The Kier molecular flexibility index (Phi) is 13.0. The summed E-state index contributed by atoms with van der Waals surface area (Å²) in [5, 5.41) is 27.8. The van der Waals surface area contributed by atoms with E-state index in [1.807, 2.05) is 36.1 Å². The van der Waals surface area contributed by atoms with Crippen LogP contribution in [0.25, 0.3) is 0 Å². The fourth-order valence-corrected chi connectivity index (χ4v) is 5.38. The number of rotatable bonds is 10. The topological polar surface area (TPSA) is 118 Å². The van der Waals surface area contributed by atoms with Crippen LogP contribution in [0.2, 0.25) is 5.02 Å². The minimum Gasteiger partial charge on any atom is -0.478 e. The third kappa shape index (κ3) is 9.89. The lowest BCUT2D eigenvalue weighted by Gasteiger charge is -2.44. The molecule has 3 N–H and O–H groups in total. The number of nitrogens with zero attached hydrogens (tertiary/aromatic N) is 2. The Morgan fingerprint density at radius 3 is 2.21 bits per heavy atom. The fourth-order valence-electron chi connectivity index (χ4n) is 5.15. The quantitative estimate of drug-likeness (QED) is 0.293. The molecule has 2 aliphatic rings. The predicted octanol–water partition coefficient (Wildman–Crippen LogP) is 4.40. The second kappa shape index (κ2) is 15.7. The van der Waals surface area contributed by atoms with Gasteiger partial charge in [-0.15, -0.1) is 6.58 Å². The molecule has 38 heavy (non-hydrogen) atoms. The van der Waals surface area contributed by atoms with E-state index in [9.17, 15) is 19.5 Å². The Morgan fingerprint density at radius 2 is 1.68 bits per heavy atom. The molecule has 3 rings (SSSR count). The van der Waals surface area contributed by atoms with Gasteiger partial charge >= 0.3 is 11.9 Å². The highest BCUT2D eigenvalue weighted by atomic mass is 35.5. The number of carbonyl (C=O) groups excluding carboxylic acids is 1. The standard InChI is InChI=1S/C25H37ClN2O2.C4H4O4/c1-3-16-28(22-10-5-4-6-11-22)24(29)20(2)25(30)14-18-27(19-15-25)17-13-21-9-7-8-12-23(21)26;5-3(6)1-2-4(7)8/h3,7-9,12,20,22,30H,1,4-6,10-11,13-19H2,2H3;1-2H,(H,5,6)(H,7,8)/b;2-1-. The molecule has 1 saturated heterocycles. The number of aliphatic hydroxyl groups is 1. The maximum Gasteiger partial charge on any atom is 0.328 e. The van der Waals surface area contributed by atoms with Gasteiger partial charge in [0.25, 0.3) is 0 Å². The predicted molar refractivity (Wildman–Crippen MR) is 148 cm³/mol. The maximum absolute atomic E-state index is 13.4. The van der Waals surface area contributed by atoms with Crippen molar-refractivity contribution in [3.05, 3.63) is 59.7 Å². The first-order valence-electron chi connectivity index (χ1n) is 13.3. The van der Waals surface area contributed by atoms with Gasteiger partial charge in [0, 0.05) is 49.4 Å². The van der Waals surface area contributed by atoms with Crippen molar-refractivity contribution < 1.29 is 29.7 Å². The molecule has 1 aliphatic carbocycles. The molecule has 1 amide bonds. The third-order valence-electron chi connectivity index (χ3n) is 7.55. The van der Waals surface area contributed by atoms with Crippen LogP contribution in [0.4, 0.5) is 0 Å². The van der Waals surface area contributed by atoms with Crippen LogP contribution in [-0.2, 0) is 20.8 Å². The van der Waals surface area contributed by atoms with Gasteiger partial charge in [-0.2, -0.15) is 0 Å². The highest BCUT2D eigenvalue weighted by Crippen LogP contribution is 2.33. The van der Waals surface area contributed by atoms with E-state index in [-0.39, 0.29) is 11.8 Å². The molecule has 9 heteroatoms. The molecule has 0 aromatic heterocycles. The number of hydrogen-bond donors (Lipinski definition) is 3. The smallest absolute Gasteiger partial charge is 0.328 e. The molecular weight excluding hydrogens is 508 g/mol. The minimum atomic E-state index is -1.26. The number of carboxylic acids is 2. The fraction of sp³-hybridized carbons (Fsp3) is 0.552. The van der Waals surface area contributed by atoms with Crippen molar-refractivity contribution in [1.29, 1.82) is 0 Å². The Labute approximate surface area is 230 Å². The lowest BCUT2D eigenvalue weighted by molar-refractivity contribution is -0.150. The summed E-state index contributed by atoms with van der Waals surface area (Å²) in [4.78, 5) is 36.8. The van der Waals surface area contributed by atoms with E-state index in [1.54, 1.807) is 0 Å². The van der Waals surface area contributed by atoms with Crippen LogP contribution in [0.15, 0.2) is 49.1 Å². The van der Waals surface area contributed by atoms with Gasteiger partial charge in [0.15, 0.2) is 0 Å². The second-order valence-corrected chi connectivity index (χ2v) is 10.5. The summed E-state index contributed by atoms with van der Waals surface area (Å²) >= 11 is 6.28. The zero-order valence-electron chi connectivity index (χ0n) is 22.2. The zero-order valence-corrected chi connectivity index (χ0v) is 23.0. The molecule has 1 aromatic carbocycles. The van der Waals surface area contributed by atoms with Gasteiger partial charge in [-0.1, -0.05) is 62.1 Å². The van der Waals surface area contributed by atoms with Gasteiger partial charge in [-0.3, -0.25) is 4.79 Å². The lowest BCUT2D eigenvalue weighted by Crippen LogP contribution is -2.55. The van der Waals surface area contributed by atoms with Crippen molar-refractivity contribution in [2.45, 2.75) is 69.9 Å². The molecule has 1 heterocycles. The number of halogens is 1. The summed E-state index contributed by atoms with van der Waals surface area (Å²) in [5.74, 6) is -2.81. The van der Waals surface area contributed by atoms with Gasteiger partial charge in [0.2, 0.25) is 5.91 Å². The lowest BCUT2D eigenvalue weighted by atomic mass is 9.79. The van der Waals surface area contributed by atoms with Crippen molar-refractivity contribution in [2.24, 2.45) is 5.92 Å². The van der Waals surface area contributed by atoms with Crippen LogP contribution < -0.4 is 0 Å². The van der Waals surface area contributed by atoms with Crippen molar-refractivity contribution >= 4 is 29.4 Å². The first-order valence-corrected chi connectivity index (χ1v) is 13.7. The summed E-state index contributed by atoms with van der Waals surface area (Å²) in [5.41, 5.74) is 0.239. The largest absolute Gasteiger partial charge is 0.478 e. The van der Waals surface area contributed by atoms with Gasteiger partial charge in [0.05, 0.1) is 11.5 Å². The molecule has 1 aromatic rings. The van der Waals surface area contributed by atoms with Crippen molar-refractivity contribution in [2.75, 3.05) is 26.2 Å². The maximum atomic E-state index is 13.4. The Morgan fingerprint density at radius 1 is 1.11 bits per heavy atom. The number of carbonyl (C=O) groups is 3. The molecule has 0 bridgehead atoms. The van der Waals surface area contributed by atoms with Gasteiger partial charge in [-0.05, 0) is 43.7 Å². The van der Waals surface area contributed by atoms with E-state index < -0.39 is 17.5 Å². The Hall–Kier alpha value is -2.68. The van der Waals surface area contributed by atoms with Gasteiger partial charge < -0.3 is 25.1 Å². The van der Waals surface area contributed by atoms with E-state index in [0.29, 0.717) is 37.6 Å². The minimum absolute atomic E-state index is 0.0915. The number of benzene rings is 1. The summed E-state index contributed by atoms with van der Waals surface area (Å²) in [6.07, 6.45) is 10.9. The number of carboxylic acid groups (broad SMARTS) is 2. The van der Waals surface area contributed by atoms with E-state index >= 15 is 0 Å². The summed E-state index contributed by atoms with van der Waals surface area (Å²) in [7, 11) is 0. The normalized spacial score (nSPS) is 18.7. The highest BCUT2D eigenvalue weighted by molar-refractivity contribution is 6.31. The summed E-state index contributed by atoms with van der Waals surface area (Å²) in [6.45, 7) is 8.89. The van der Waals surface area contributed by atoms with Crippen molar-refractivity contribution in [1.82, 2.24) is 9.80 Å². The molecular formula is C29H41ClN2O6. The van der Waals surface area contributed by atoms with Gasteiger partial charge in [-0.25, -0.2) is 9.59 Å². The van der Waals surface area contributed by atoms with Crippen LogP contribution in [0.3, 0.4) is 0 Å². The molecule has 8 nitrogen and oxygen atoms in total. The third-order valence-corrected chi connectivity index (χ3v) is 7.92. The van der Waals surface area contributed by atoms with E-state index in [2.05, 4.69) is 17.5 Å². The molecule has 1 unspecified atom stereocenters. The molecule has 1 saturated carbocycles. The molecule has 0 spiro atoms. The summed E-state index contributed by atoms with van der Waals surface area (Å²) < 4.78 is 0.